The van der Waals surface area contributed by atoms with Crippen molar-refractivity contribution in [2.75, 3.05) is 0 Å². The van der Waals surface area contributed by atoms with Crippen molar-refractivity contribution in [2.45, 2.75) is 45.6 Å². The first kappa shape index (κ1) is 13.7. The molecular formula is C11H18O4. The molecule has 0 aliphatic carbocycles. The summed E-state index contributed by atoms with van der Waals surface area (Å²) in [6.45, 7) is 7.17. The Balaban J connectivity index is 3.75. The summed E-state index contributed by atoms with van der Waals surface area (Å²) in [4.78, 5) is 21.6. The lowest BCUT2D eigenvalue weighted by molar-refractivity contribution is -0.148. The number of hydrogen-bond donors (Lipinski definition) is 1. The van der Waals surface area contributed by atoms with Crippen molar-refractivity contribution in [3.63, 3.8) is 0 Å². The van der Waals surface area contributed by atoms with Gasteiger partial charge >= 0.3 is 11.9 Å². The molecule has 1 N–H and O–H groups in total. The molecule has 0 aliphatic heterocycles. The van der Waals surface area contributed by atoms with Gasteiger partial charge in [-0.25, -0.2) is 4.79 Å². The van der Waals surface area contributed by atoms with Gasteiger partial charge in [0.05, 0.1) is 6.10 Å². The minimum Gasteiger partial charge on any atom is -0.478 e. The van der Waals surface area contributed by atoms with Gasteiger partial charge in [-0.15, -0.1) is 0 Å². The molecule has 86 valence electrons. The van der Waals surface area contributed by atoms with E-state index in [0.29, 0.717) is 0 Å². The highest BCUT2D eigenvalue weighted by Gasteiger charge is 2.11. The number of ether oxygens (including phenoxy) is 1. The average molecular weight is 214 g/mol. The van der Waals surface area contributed by atoms with E-state index in [2.05, 4.69) is 6.58 Å². The van der Waals surface area contributed by atoms with Crippen LogP contribution in [0.15, 0.2) is 12.2 Å². The lowest BCUT2D eigenvalue weighted by Gasteiger charge is -2.11. The molecule has 0 fully saturated rings. The molecule has 15 heavy (non-hydrogen) atoms. The lowest BCUT2D eigenvalue weighted by Crippen LogP contribution is -2.15. The Morgan fingerprint density at radius 2 is 2.00 bits per heavy atom. The van der Waals surface area contributed by atoms with Crippen LogP contribution in [0.1, 0.15) is 39.5 Å². The molecule has 0 rings (SSSR count). The molecule has 0 aliphatic rings. The second-order valence-corrected chi connectivity index (χ2v) is 3.50. The molecule has 1 unspecified atom stereocenters. The first-order valence-corrected chi connectivity index (χ1v) is 5.08. The number of carbonyl (C=O) groups is 2. The monoisotopic (exact) mass is 214 g/mol. The Labute approximate surface area is 89.9 Å². The van der Waals surface area contributed by atoms with Gasteiger partial charge in [0.25, 0.3) is 0 Å². The third-order valence-corrected chi connectivity index (χ3v) is 1.96. The highest BCUT2D eigenvalue weighted by Crippen LogP contribution is 2.07. The summed E-state index contributed by atoms with van der Waals surface area (Å²) in [5, 5.41) is 8.51. The van der Waals surface area contributed by atoms with Crippen LogP contribution in [0.2, 0.25) is 0 Å². The minimum atomic E-state index is -1.07. The Hall–Kier alpha value is -1.32. The van der Waals surface area contributed by atoms with Crippen LogP contribution in [0.5, 0.6) is 0 Å². The second-order valence-electron chi connectivity index (χ2n) is 3.50. The maximum absolute atomic E-state index is 11.2. The lowest BCUT2D eigenvalue weighted by atomic mass is 10.1. The Kier molecular flexibility index (Phi) is 6.42. The molecule has 0 radical (unpaired) electrons. The van der Waals surface area contributed by atoms with Crippen molar-refractivity contribution in [3.8, 4) is 0 Å². The molecule has 0 bridgehead atoms. The normalized spacial score (nSPS) is 11.9. The van der Waals surface area contributed by atoms with E-state index in [1.807, 2.05) is 13.8 Å². The zero-order valence-corrected chi connectivity index (χ0v) is 9.28. The van der Waals surface area contributed by atoms with Crippen molar-refractivity contribution in [2.24, 2.45) is 0 Å². The van der Waals surface area contributed by atoms with Gasteiger partial charge in [0.2, 0.25) is 0 Å². The summed E-state index contributed by atoms with van der Waals surface area (Å²) >= 11 is 0. The van der Waals surface area contributed by atoms with Gasteiger partial charge in [-0.05, 0) is 19.8 Å². The zero-order chi connectivity index (χ0) is 11.8. The van der Waals surface area contributed by atoms with E-state index < -0.39 is 5.97 Å². The first-order valence-electron chi connectivity index (χ1n) is 5.08. The number of rotatable bonds is 7. The molecule has 0 aromatic rings. The largest absolute Gasteiger partial charge is 0.478 e. The number of carbonyl (C=O) groups excluding carboxylic acids is 1. The number of hydrogen-bond acceptors (Lipinski definition) is 3. The number of aliphatic carboxylic acids is 1. The fourth-order valence-electron chi connectivity index (χ4n) is 1.11. The molecule has 0 saturated heterocycles. The Bertz CT molecular complexity index is 245. The molecule has 4 nitrogen and oxygen atoms in total. The van der Waals surface area contributed by atoms with Gasteiger partial charge in [-0.2, -0.15) is 0 Å². The van der Waals surface area contributed by atoms with E-state index in [1.165, 1.54) is 0 Å². The van der Waals surface area contributed by atoms with E-state index >= 15 is 0 Å². The third kappa shape index (κ3) is 6.71. The van der Waals surface area contributed by atoms with E-state index in [4.69, 9.17) is 9.84 Å². The van der Waals surface area contributed by atoms with E-state index in [0.717, 1.165) is 12.8 Å². The van der Waals surface area contributed by atoms with Crippen molar-refractivity contribution in [1.29, 1.82) is 0 Å². The molecular weight excluding hydrogens is 196 g/mol. The summed E-state index contributed by atoms with van der Waals surface area (Å²) in [6.07, 6.45) is 1.91. The summed E-state index contributed by atoms with van der Waals surface area (Å²) in [7, 11) is 0. The quantitative estimate of drug-likeness (QED) is 0.521. The molecule has 1 atom stereocenters. The Morgan fingerprint density at radius 1 is 1.40 bits per heavy atom. The van der Waals surface area contributed by atoms with E-state index in [9.17, 15) is 9.59 Å². The van der Waals surface area contributed by atoms with Gasteiger partial charge in [0, 0.05) is 12.0 Å². The van der Waals surface area contributed by atoms with Gasteiger partial charge in [0.1, 0.15) is 0 Å². The first-order chi connectivity index (χ1) is 6.97. The van der Waals surface area contributed by atoms with Gasteiger partial charge in [-0.3, -0.25) is 4.79 Å². The maximum Gasteiger partial charge on any atom is 0.330 e. The van der Waals surface area contributed by atoms with Crippen LogP contribution in [-0.4, -0.2) is 23.1 Å². The molecule has 0 amide bonds. The van der Waals surface area contributed by atoms with Crippen LogP contribution in [0.4, 0.5) is 0 Å². The predicted molar refractivity (Wildman–Crippen MR) is 56.5 cm³/mol. The van der Waals surface area contributed by atoms with E-state index in [1.54, 1.807) is 0 Å². The predicted octanol–water partition coefficient (Wildman–Crippen LogP) is 2.14. The molecule has 0 saturated carbocycles. The van der Waals surface area contributed by atoms with Crippen LogP contribution >= 0.6 is 0 Å². The number of esters is 1. The molecule has 0 aromatic heterocycles. The topological polar surface area (TPSA) is 63.6 Å². The van der Waals surface area contributed by atoms with Crippen molar-refractivity contribution < 1.29 is 19.4 Å². The van der Waals surface area contributed by atoms with Crippen LogP contribution in [-0.2, 0) is 14.3 Å². The van der Waals surface area contributed by atoms with Crippen molar-refractivity contribution >= 4 is 11.9 Å². The smallest absolute Gasteiger partial charge is 0.330 e. The molecule has 0 heterocycles. The van der Waals surface area contributed by atoms with Gasteiger partial charge in [-0.1, -0.05) is 19.9 Å². The fraction of sp³-hybridized carbons (Fsp3) is 0.636. The van der Waals surface area contributed by atoms with Crippen LogP contribution in [0, 0.1) is 0 Å². The summed E-state index contributed by atoms with van der Waals surface area (Å²) < 4.78 is 5.05. The van der Waals surface area contributed by atoms with Gasteiger partial charge in [0.15, 0.2) is 0 Å². The van der Waals surface area contributed by atoms with Gasteiger partial charge < -0.3 is 9.84 Å². The Morgan fingerprint density at radius 3 is 2.47 bits per heavy atom. The SMILES string of the molecule is C=C(CCC(=O)OC(C)CCC)C(=O)O. The fourth-order valence-corrected chi connectivity index (χ4v) is 1.11. The molecule has 0 aromatic carbocycles. The highest BCUT2D eigenvalue weighted by atomic mass is 16.5. The number of carboxylic acid groups (broad SMARTS) is 1. The van der Waals surface area contributed by atoms with Crippen molar-refractivity contribution in [3.05, 3.63) is 12.2 Å². The number of carboxylic acids is 1. The summed E-state index contributed by atoms with van der Waals surface area (Å²) in [6, 6.07) is 0. The zero-order valence-electron chi connectivity index (χ0n) is 9.28. The summed E-state index contributed by atoms with van der Waals surface area (Å²) in [5.74, 6) is -1.43. The minimum absolute atomic E-state index is 0.0371. The van der Waals surface area contributed by atoms with Crippen LogP contribution < -0.4 is 0 Å². The van der Waals surface area contributed by atoms with Crippen LogP contribution in [0.25, 0.3) is 0 Å². The maximum atomic E-state index is 11.2. The summed E-state index contributed by atoms with van der Waals surface area (Å²) in [5.41, 5.74) is 0.0371. The van der Waals surface area contributed by atoms with Crippen LogP contribution in [0.3, 0.4) is 0 Å². The second kappa shape index (κ2) is 7.04. The standard InChI is InChI=1S/C11H18O4/c1-4-5-9(3)15-10(12)7-6-8(2)11(13)14/h9H,2,4-7H2,1,3H3,(H,13,14). The highest BCUT2D eigenvalue weighted by molar-refractivity contribution is 5.86. The molecule has 0 spiro atoms. The average Bonchev–Trinajstić information content (AvgIpc) is 2.14. The molecule has 4 heteroatoms. The van der Waals surface area contributed by atoms with Crippen molar-refractivity contribution in [1.82, 2.24) is 0 Å². The third-order valence-electron chi connectivity index (χ3n) is 1.96. The van der Waals surface area contributed by atoms with E-state index in [-0.39, 0.29) is 30.5 Å².